The fraction of sp³-hybridized carbons (Fsp3) is 0.0217. The lowest BCUT2D eigenvalue weighted by Crippen LogP contribution is -2.11. The van der Waals surface area contributed by atoms with Crippen LogP contribution in [0.1, 0.15) is 11.1 Å². The molecule has 3 aromatic heterocycles. The van der Waals surface area contributed by atoms with Gasteiger partial charge >= 0.3 is 0 Å². The van der Waals surface area contributed by atoms with Gasteiger partial charge in [-0.25, -0.2) is 15.0 Å². The Kier molecular flexibility index (Phi) is 6.17. The lowest BCUT2D eigenvalue weighted by Gasteiger charge is -2.14. The molecule has 1 aliphatic carbocycles. The molecule has 0 bridgehead atoms. The second-order valence-corrected chi connectivity index (χ2v) is 13.4. The van der Waals surface area contributed by atoms with Gasteiger partial charge in [0, 0.05) is 49.7 Å². The number of hydrogen-bond donors (Lipinski definition) is 0. The summed E-state index contributed by atoms with van der Waals surface area (Å²) in [5, 5.41) is 3.68. The average molecular weight is 689 g/mol. The largest absolute Gasteiger partial charge is 0.455 e. The van der Waals surface area contributed by atoms with Gasteiger partial charge < -0.3 is 8.98 Å². The highest BCUT2D eigenvalue weighted by molar-refractivity contribution is 6.24. The predicted molar refractivity (Wildman–Crippen MR) is 206 cm³/mol. The van der Waals surface area contributed by atoms with E-state index < -0.39 is 5.92 Å². The second kappa shape index (κ2) is 11.0. The fourth-order valence-corrected chi connectivity index (χ4v) is 7.95. The zero-order valence-electron chi connectivity index (χ0n) is 28.0. The third-order valence-corrected chi connectivity index (χ3v) is 10.4. The maximum atomic E-state index is 16.2. The Bertz CT molecular complexity index is 3040. The normalized spacial score (nSPS) is 13.2. The van der Waals surface area contributed by atoms with E-state index in [2.05, 4.69) is 16.7 Å². The minimum Gasteiger partial charge on any atom is -0.455 e. The standard InChI is InChI=1S/C46H26F2N4O/c47-46(48)36-20-9-7-18-31(36)34-25-35-39(26-37(34)46)52(38-23-22-33-32-19-8-10-21-40(32)53-42(33)41(35)38)30-17-11-16-29(24-30)45-50-43(27-12-3-1-4-13-27)49-44(51-45)28-14-5-2-6-15-28/h1-26H. The Morgan fingerprint density at radius 3 is 1.87 bits per heavy atom. The number of alkyl halides is 2. The van der Waals surface area contributed by atoms with Crippen molar-refractivity contribution in [2.45, 2.75) is 5.92 Å². The first kappa shape index (κ1) is 29.7. The molecule has 5 nitrogen and oxygen atoms in total. The first-order valence-corrected chi connectivity index (χ1v) is 17.4. The Hall–Kier alpha value is -6.99. The van der Waals surface area contributed by atoms with E-state index in [0.29, 0.717) is 34.1 Å². The molecule has 0 unspecified atom stereocenters. The van der Waals surface area contributed by atoms with Gasteiger partial charge in [0.15, 0.2) is 17.5 Å². The van der Waals surface area contributed by atoms with Crippen molar-refractivity contribution in [1.82, 2.24) is 19.5 Å². The summed E-state index contributed by atoms with van der Waals surface area (Å²) in [5.41, 5.74) is 7.37. The zero-order valence-corrected chi connectivity index (χ0v) is 28.0. The van der Waals surface area contributed by atoms with Gasteiger partial charge in [-0.15, -0.1) is 0 Å². The van der Waals surface area contributed by atoms with Crippen molar-refractivity contribution >= 4 is 43.7 Å². The van der Waals surface area contributed by atoms with Crippen LogP contribution in [-0.4, -0.2) is 19.5 Å². The third-order valence-electron chi connectivity index (χ3n) is 10.4. The van der Waals surface area contributed by atoms with Crippen molar-refractivity contribution in [3.05, 3.63) is 169 Å². The molecular formula is C46H26F2N4O. The minimum atomic E-state index is -3.15. The molecule has 0 saturated carbocycles. The van der Waals surface area contributed by atoms with Gasteiger partial charge in [-0.1, -0.05) is 115 Å². The molecule has 0 saturated heterocycles. The van der Waals surface area contributed by atoms with E-state index in [9.17, 15) is 0 Å². The number of para-hydroxylation sites is 1. The zero-order chi connectivity index (χ0) is 35.3. The van der Waals surface area contributed by atoms with Crippen LogP contribution in [-0.2, 0) is 5.92 Å². The van der Waals surface area contributed by atoms with Crippen LogP contribution in [0.3, 0.4) is 0 Å². The van der Waals surface area contributed by atoms with Crippen molar-refractivity contribution < 1.29 is 13.2 Å². The molecule has 11 rings (SSSR count). The molecule has 0 aliphatic heterocycles. The lowest BCUT2D eigenvalue weighted by atomic mass is 10.0. The van der Waals surface area contributed by atoms with Gasteiger partial charge in [-0.3, -0.25) is 0 Å². The molecule has 7 aromatic carbocycles. The number of halogens is 2. The average Bonchev–Trinajstić information content (AvgIpc) is 3.83. The molecule has 3 heterocycles. The highest BCUT2D eigenvalue weighted by Crippen LogP contribution is 2.53. The predicted octanol–water partition coefficient (Wildman–Crippen LogP) is 12.0. The van der Waals surface area contributed by atoms with E-state index in [0.717, 1.165) is 60.6 Å². The first-order chi connectivity index (χ1) is 26.0. The number of fused-ring (bicyclic) bond motifs is 10. The topological polar surface area (TPSA) is 56.7 Å². The van der Waals surface area contributed by atoms with Gasteiger partial charge in [-0.2, -0.15) is 8.78 Å². The lowest BCUT2D eigenvalue weighted by molar-refractivity contribution is 0.0481. The van der Waals surface area contributed by atoms with Crippen molar-refractivity contribution in [2.75, 3.05) is 0 Å². The Morgan fingerprint density at radius 2 is 1.11 bits per heavy atom. The summed E-state index contributed by atoms with van der Waals surface area (Å²) >= 11 is 0. The van der Waals surface area contributed by atoms with Crippen LogP contribution in [0.5, 0.6) is 0 Å². The van der Waals surface area contributed by atoms with Gasteiger partial charge in [0.1, 0.15) is 11.2 Å². The molecule has 7 heteroatoms. The Labute approximate surface area is 301 Å². The number of hydrogen-bond acceptors (Lipinski definition) is 4. The summed E-state index contributed by atoms with van der Waals surface area (Å²) < 4.78 is 41.1. The number of benzene rings is 7. The molecule has 0 N–H and O–H groups in total. The van der Waals surface area contributed by atoms with E-state index in [-0.39, 0.29) is 11.1 Å². The van der Waals surface area contributed by atoms with Crippen molar-refractivity contribution in [1.29, 1.82) is 0 Å². The van der Waals surface area contributed by atoms with E-state index >= 15 is 8.78 Å². The van der Waals surface area contributed by atoms with Crippen LogP contribution in [0.4, 0.5) is 8.78 Å². The second-order valence-electron chi connectivity index (χ2n) is 13.4. The summed E-state index contributed by atoms with van der Waals surface area (Å²) in [6, 6.07) is 50.1. The first-order valence-electron chi connectivity index (χ1n) is 17.4. The SMILES string of the molecule is FC1(F)c2ccccc2-c2cc3c4c5oc6ccccc6c5ccc4n(-c4cccc(-c5nc(-c6ccccc6)nc(-c6ccccc6)n5)c4)c3cc21. The summed E-state index contributed by atoms with van der Waals surface area (Å²) in [6.07, 6.45) is 0. The van der Waals surface area contributed by atoms with Crippen LogP contribution in [0.25, 0.3) is 94.7 Å². The van der Waals surface area contributed by atoms with Gasteiger partial charge in [0.2, 0.25) is 0 Å². The Morgan fingerprint density at radius 1 is 0.472 bits per heavy atom. The quantitative estimate of drug-likeness (QED) is 0.185. The van der Waals surface area contributed by atoms with E-state index in [1.807, 2.05) is 121 Å². The van der Waals surface area contributed by atoms with Crippen molar-refractivity contribution in [3.8, 4) is 51.0 Å². The highest BCUT2D eigenvalue weighted by atomic mass is 19.3. The third kappa shape index (κ3) is 4.37. The maximum absolute atomic E-state index is 16.2. The van der Waals surface area contributed by atoms with Crippen LogP contribution in [0, 0.1) is 0 Å². The van der Waals surface area contributed by atoms with Crippen LogP contribution < -0.4 is 0 Å². The Balaban J connectivity index is 1.19. The fourth-order valence-electron chi connectivity index (χ4n) is 7.95. The molecular weight excluding hydrogens is 663 g/mol. The van der Waals surface area contributed by atoms with E-state index in [4.69, 9.17) is 19.4 Å². The number of furan rings is 1. The van der Waals surface area contributed by atoms with E-state index in [1.165, 1.54) is 6.07 Å². The highest BCUT2D eigenvalue weighted by Gasteiger charge is 2.44. The molecule has 10 aromatic rings. The summed E-state index contributed by atoms with van der Waals surface area (Å²) in [4.78, 5) is 14.8. The van der Waals surface area contributed by atoms with Gasteiger partial charge in [0.05, 0.1) is 16.4 Å². The van der Waals surface area contributed by atoms with Gasteiger partial charge in [0.25, 0.3) is 5.92 Å². The summed E-state index contributed by atoms with van der Waals surface area (Å²) in [6.45, 7) is 0. The molecule has 250 valence electrons. The molecule has 0 spiro atoms. The van der Waals surface area contributed by atoms with Crippen molar-refractivity contribution in [2.24, 2.45) is 0 Å². The van der Waals surface area contributed by atoms with Gasteiger partial charge in [-0.05, 0) is 53.6 Å². The monoisotopic (exact) mass is 688 g/mol. The number of rotatable bonds is 4. The number of aromatic nitrogens is 4. The molecule has 0 fully saturated rings. The van der Waals surface area contributed by atoms with Crippen LogP contribution in [0.2, 0.25) is 0 Å². The van der Waals surface area contributed by atoms with E-state index in [1.54, 1.807) is 18.2 Å². The molecule has 0 amide bonds. The maximum Gasteiger partial charge on any atom is 0.299 e. The summed E-state index contributed by atoms with van der Waals surface area (Å²) in [5.74, 6) is -1.53. The van der Waals surface area contributed by atoms with Crippen LogP contribution in [0.15, 0.2) is 162 Å². The minimum absolute atomic E-state index is 0.00951. The van der Waals surface area contributed by atoms with Crippen molar-refractivity contribution in [3.63, 3.8) is 0 Å². The van der Waals surface area contributed by atoms with Crippen LogP contribution >= 0.6 is 0 Å². The molecule has 1 aliphatic rings. The molecule has 0 radical (unpaired) electrons. The smallest absolute Gasteiger partial charge is 0.299 e. The molecule has 0 atom stereocenters. The summed E-state index contributed by atoms with van der Waals surface area (Å²) in [7, 11) is 0. The number of nitrogens with zero attached hydrogens (tertiary/aromatic N) is 4. The molecule has 53 heavy (non-hydrogen) atoms.